The van der Waals surface area contributed by atoms with Crippen LogP contribution in [0.5, 0.6) is 0 Å². The van der Waals surface area contributed by atoms with E-state index < -0.39 is 0 Å². The topological polar surface area (TPSA) is 29.6 Å². The number of hydrogen-bond donors (Lipinski definition) is 0. The Hall–Kier alpha value is -1.15. The fourth-order valence-electron chi connectivity index (χ4n) is 1.14. The Labute approximate surface area is 64.8 Å². The molecule has 0 aliphatic carbocycles. The number of ether oxygens (including phenoxy) is 1. The maximum atomic E-state index is 10.2. The van der Waals surface area contributed by atoms with E-state index in [0.717, 1.165) is 11.8 Å². The monoisotopic (exact) mass is 148 g/mol. The molecular weight excluding hydrogens is 140 g/mol. The van der Waals surface area contributed by atoms with Gasteiger partial charge in [0, 0.05) is 0 Å². The van der Waals surface area contributed by atoms with Gasteiger partial charge in [0.2, 0.25) is 0 Å². The van der Waals surface area contributed by atoms with Gasteiger partial charge >= 0.3 is 0 Å². The smallest absolute Gasteiger partial charge is 0.151 e. The van der Waals surface area contributed by atoms with Gasteiger partial charge in [0.05, 0.1) is 0 Å². The molecule has 1 heterocycles. The van der Waals surface area contributed by atoms with Crippen molar-refractivity contribution in [1.82, 2.24) is 0 Å². The summed E-state index contributed by atoms with van der Waals surface area (Å²) in [6.45, 7) is 0. The molecular formula is C9H8O2. The third kappa shape index (κ3) is 1.17. The first-order chi connectivity index (χ1) is 5.42. The van der Waals surface area contributed by atoms with E-state index >= 15 is 0 Å². The molecule has 56 valence electrons. The fraction of sp³-hybridized carbons (Fsp3) is 0.222. The summed E-state index contributed by atoms with van der Waals surface area (Å²) in [4.78, 5) is 10.2. The van der Waals surface area contributed by atoms with Crippen molar-refractivity contribution in [2.45, 2.75) is 12.2 Å². The summed E-state index contributed by atoms with van der Waals surface area (Å²) < 4.78 is 5.08. The van der Waals surface area contributed by atoms with E-state index in [2.05, 4.69) is 0 Å². The van der Waals surface area contributed by atoms with Crippen molar-refractivity contribution in [3.05, 3.63) is 35.9 Å². The van der Waals surface area contributed by atoms with Gasteiger partial charge in [-0.05, 0) is 5.56 Å². The molecule has 0 N–H and O–H groups in total. The molecule has 1 fully saturated rings. The molecule has 1 aliphatic rings. The molecule has 1 aromatic carbocycles. The summed E-state index contributed by atoms with van der Waals surface area (Å²) in [6, 6.07) is 9.77. The van der Waals surface area contributed by atoms with Crippen LogP contribution in [0.1, 0.15) is 11.7 Å². The zero-order valence-electron chi connectivity index (χ0n) is 5.94. The molecule has 2 atom stereocenters. The highest BCUT2D eigenvalue weighted by atomic mass is 16.6. The van der Waals surface area contributed by atoms with Crippen LogP contribution >= 0.6 is 0 Å². The van der Waals surface area contributed by atoms with Crippen LogP contribution in [0, 0.1) is 0 Å². The van der Waals surface area contributed by atoms with Crippen molar-refractivity contribution >= 4 is 6.29 Å². The van der Waals surface area contributed by atoms with E-state index in [1.165, 1.54) is 0 Å². The van der Waals surface area contributed by atoms with E-state index in [1.807, 2.05) is 30.3 Å². The van der Waals surface area contributed by atoms with Gasteiger partial charge in [-0.15, -0.1) is 0 Å². The van der Waals surface area contributed by atoms with Gasteiger partial charge in [-0.25, -0.2) is 0 Å². The number of epoxide rings is 1. The lowest BCUT2D eigenvalue weighted by molar-refractivity contribution is -0.108. The summed E-state index contributed by atoms with van der Waals surface area (Å²) >= 11 is 0. The quantitative estimate of drug-likeness (QED) is 0.467. The lowest BCUT2D eigenvalue weighted by Crippen LogP contribution is -1.87. The van der Waals surface area contributed by atoms with Gasteiger partial charge < -0.3 is 9.53 Å². The summed E-state index contributed by atoms with van der Waals surface area (Å²) in [6.07, 6.45) is 0.670. The summed E-state index contributed by atoms with van der Waals surface area (Å²) in [7, 11) is 0. The third-order valence-corrected chi connectivity index (χ3v) is 1.79. The van der Waals surface area contributed by atoms with Gasteiger partial charge in [0.25, 0.3) is 0 Å². The zero-order valence-corrected chi connectivity index (χ0v) is 5.94. The average Bonchev–Trinajstić information content (AvgIpc) is 2.85. The molecule has 0 bridgehead atoms. The van der Waals surface area contributed by atoms with Crippen LogP contribution in [-0.2, 0) is 9.53 Å². The second-order valence-corrected chi connectivity index (χ2v) is 2.57. The van der Waals surface area contributed by atoms with Crippen molar-refractivity contribution in [2.24, 2.45) is 0 Å². The van der Waals surface area contributed by atoms with Gasteiger partial charge in [-0.1, -0.05) is 30.3 Å². The summed E-state index contributed by atoms with van der Waals surface area (Å²) in [5.41, 5.74) is 1.09. The Balaban J connectivity index is 2.14. The van der Waals surface area contributed by atoms with E-state index in [1.54, 1.807) is 0 Å². The Bertz CT molecular complexity index is 256. The minimum absolute atomic E-state index is 0.0219. The SMILES string of the molecule is O=C[C@@H]1O[C@H]1c1ccccc1. The summed E-state index contributed by atoms with van der Waals surface area (Å²) in [5, 5.41) is 0. The molecule has 2 nitrogen and oxygen atoms in total. The molecule has 0 unspecified atom stereocenters. The molecule has 1 saturated heterocycles. The van der Waals surface area contributed by atoms with Gasteiger partial charge in [-0.3, -0.25) is 0 Å². The van der Waals surface area contributed by atoms with Crippen molar-refractivity contribution in [3.63, 3.8) is 0 Å². The van der Waals surface area contributed by atoms with Crippen molar-refractivity contribution in [2.75, 3.05) is 0 Å². The minimum atomic E-state index is -0.197. The van der Waals surface area contributed by atoms with E-state index in [9.17, 15) is 4.79 Å². The number of rotatable bonds is 2. The van der Waals surface area contributed by atoms with E-state index in [4.69, 9.17) is 4.74 Å². The van der Waals surface area contributed by atoms with Crippen LogP contribution in [0.25, 0.3) is 0 Å². The second-order valence-electron chi connectivity index (χ2n) is 2.57. The first-order valence-corrected chi connectivity index (χ1v) is 3.57. The molecule has 0 spiro atoms. The lowest BCUT2D eigenvalue weighted by Gasteiger charge is -1.90. The van der Waals surface area contributed by atoms with Gasteiger partial charge in [-0.2, -0.15) is 0 Å². The number of benzene rings is 1. The van der Waals surface area contributed by atoms with E-state index in [0.29, 0.717) is 0 Å². The zero-order chi connectivity index (χ0) is 7.68. The second kappa shape index (κ2) is 2.47. The van der Waals surface area contributed by atoms with Crippen molar-refractivity contribution < 1.29 is 9.53 Å². The van der Waals surface area contributed by atoms with Crippen LogP contribution in [0.3, 0.4) is 0 Å². The highest BCUT2D eigenvalue weighted by Crippen LogP contribution is 2.36. The molecule has 1 aromatic rings. The maximum Gasteiger partial charge on any atom is 0.151 e. The third-order valence-electron chi connectivity index (χ3n) is 1.79. The fourth-order valence-corrected chi connectivity index (χ4v) is 1.14. The van der Waals surface area contributed by atoms with Crippen LogP contribution < -0.4 is 0 Å². The number of aldehydes is 1. The van der Waals surface area contributed by atoms with Crippen LogP contribution in [0.2, 0.25) is 0 Å². The van der Waals surface area contributed by atoms with Crippen LogP contribution in [0.15, 0.2) is 30.3 Å². The Morgan fingerprint density at radius 2 is 2.00 bits per heavy atom. The molecule has 1 aliphatic heterocycles. The van der Waals surface area contributed by atoms with E-state index in [-0.39, 0.29) is 12.2 Å². The number of carbonyl (C=O) groups is 1. The number of hydrogen-bond acceptors (Lipinski definition) is 2. The molecule has 11 heavy (non-hydrogen) atoms. The molecule has 0 saturated carbocycles. The van der Waals surface area contributed by atoms with Crippen LogP contribution in [-0.4, -0.2) is 12.4 Å². The predicted molar refractivity (Wildman–Crippen MR) is 40.1 cm³/mol. The van der Waals surface area contributed by atoms with Crippen molar-refractivity contribution in [3.8, 4) is 0 Å². The highest BCUT2D eigenvalue weighted by Gasteiger charge is 2.39. The minimum Gasteiger partial charge on any atom is -0.357 e. The Morgan fingerprint density at radius 3 is 2.55 bits per heavy atom. The van der Waals surface area contributed by atoms with Gasteiger partial charge in [0.1, 0.15) is 12.2 Å². The highest BCUT2D eigenvalue weighted by molar-refractivity contribution is 5.61. The predicted octanol–water partition coefficient (Wildman–Crippen LogP) is 1.33. The largest absolute Gasteiger partial charge is 0.357 e. The Kier molecular flexibility index (Phi) is 1.47. The summed E-state index contributed by atoms with van der Waals surface area (Å²) in [5.74, 6) is 0. The average molecular weight is 148 g/mol. The molecule has 0 amide bonds. The maximum absolute atomic E-state index is 10.2. The molecule has 0 aromatic heterocycles. The van der Waals surface area contributed by atoms with Crippen molar-refractivity contribution in [1.29, 1.82) is 0 Å². The molecule has 2 rings (SSSR count). The van der Waals surface area contributed by atoms with Crippen LogP contribution in [0.4, 0.5) is 0 Å². The standard InChI is InChI=1S/C9H8O2/c10-6-8-9(11-8)7-4-2-1-3-5-7/h1-6,8-9H/t8-,9-/m0/s1. The van der Waals surface area contributed by atoms with Gasteiger partial charge in [0.15, 0.2) is 6.29 Å². The lowest BCUT2D eigenvalue weighted by atomic mass is 10.1. The molecule has 0 radical (unpaired) electrons. The Morgan fingerprint density at radius 1 is 1.27 bits per heavy atom. The number of carbonyl (C=O) groups excluding carboxylic acids is 1. The molecule has 2 heteroatoms. The first-order valence-electron chi connectivity index (χ1n) is 3.57. The first kappa shape index (κ1) is 6.55. The normalized spacial score (nSPS) is 28.0.